The van der Waals surface area contributed by atoms with E-state index in [0.29, 0.717) is 25.2 Å². The molecule has 4 nitrogen and oxygen atoms in total. The monoisotopic (exact) mass is 247 g/mol. The van der Waals surface area contributed by atoms with Crippen LogP contribution in [0.15, 0.2) is 41.2 Å². The average Bonchev–Trinajstić information content (AvgIpc) is 2.39. The Morgan fingerprint density at radius 1 is 1.17 bits per heavy atom. The number of benzene rings is 1. The van der Waals surface area contributed by atoms with Crippen LogP contribution in [0.2, 0.25) is 0 Å². The van der Waals surface area contributed by atoms with Gasteiger partial charge in [-0.15, -0.1) is 0 Å². The third-order valence-electron chi connectivity index (χ3n) is 2.58. The molecule has 5 heteroatoms. The van der Waals surface area contributed by atoms with E-state index < -0.39 is 0 Å². The Balaban J connectivity index is 2.34. The van der Waals surface area contributed by atoms with Crippen LogP contribution in [0, 0.1) is 5.82 Å². The fourth-order valence-corrected chi connectivity index (χ4v) is 1.62. The fourth-order valence-electron chi connectivity index (χ4n) is 1.62. The first kappa shape index (κ1) is 12.4. The van der Waals surface area contributed by atoms with Crippen LogP contribution in [-0.2, 0) is 6.54 Å². The number of halogens is 1. The molecule has 0 spiro atoms. The maximum atomic E-state index is 12.8. The predicted octanol–water partition coefficient (Wildman–Crippen LogP) is 1.40. The van der Waals surface area contributed by atoms with Crippen molar-refractivity contribution in [2.75, 3.05) is 6.54 Å². The minimum atomic E-state index is -0.296. The van der Waals surface area contributed by atoms with E-state index in [1.165, 1.54) is 22.9 Å². The summed E-state index contributed by atoms with van der Waals surface area (Å²) in [5, 5.41) is 4.24. The van der Waals surface area contributed by atoms with Gasteiger partial charge in [0.1, 0.15) is 5.82 Å². The first-order valence-corrected chi connectivity index (χ1v) is 5.75. The van der Waals surface area contributed by atoms with Gasteiger partial charge in [0.15, 0.2) is 0 Å². The van der Waals surface area contributed by atoms with Crippen molar-refractivity contribution >= 4 is 0 Å². The largest absolute Gasteiger partial charge is 0.330 e. The van der Waals surface area contributed by atoms with E-state index >= 15 is 0 Å². The molecule has 0 aliphatic rings. The number of nitrogens with zero attached hydrogens (tertiary/aromatic N) is 2. The Morgan fingerprint density at radius 3 is 2.56 bits per heavy atom. The van der Waals surface area contributed by atoms with Gasteiger partial charge in [-0.3, -0.25) is 4.79 Å². The number of hydrogen-bond acceptors (Lipinski definition) is 3. The molecule has 94 valence electrons. The molecule has 0 aliphatic carbocycles. The molecule has 0 unspecified atom stereocenters. The molecule has 0 amide bonds. The van der Waals surface area contributed by atoms with Crippen molar-refractivity contribution in [3.63, 3.8) is 0 Å². The van der Waals surface area contributed by atoms with Gasteiger partial charge in [-0.2, -0.15) is 5.10 Å². The molecule has 1 heterocycles. The molecule has 1 aromatic heterocycles. The molecule has 0 bridgehead atoms. The Hall–Kier alpha value is -2.01. The van der Waals surface area contributed by atoms with E-state index in [0.717, 1.165) is 5.56 Å². The molecule has 2 N–H and O–H groups in total. The lowest BCUT2D eigenvalue weighted by Crippen LogP contribution is -2.23. The van der Waals surface area contributed by atoms with Gasteiger partial charge < -0.3 is 5.73 Å². The van der Waals surface area contributed by atoms with Crippen LogP contribution >= 0.6 is 0 Å². The van der Waals surface area contributed by atoms with Crippen molar-refractivity contribution in [3.05, 3.63) is 52.6 Å². The predicted molar refractivity (Wildman–Crippen MR) is 67.6 cm³/mol. The van der Waals surface area contributed by atoms with E-state index in [2.05, 4.69) is 5.10 Å². The van der Waals surface area contributed by atoms with Crippen molar-refractivity contribution in [3.8, 4) is 11.3 Å². The van der Waals surface area contributed by atoms with Gasteiger partial charge in [-0.25, -0.2) is 9.07 Å². The topological polar surface area (TPSA) is 60.9 Å². The maximum Gasteiger partial charge on any atom is 0.266 e. The zero-order valence-electron chi connectivity index (χ0n) is 9.84. The summed E-state index contributed by atoms with van der Waals surface area (Å²) in [4.78, 5) is 11.6. The third kappa shape index (κ3) is 2.81. The van der Waals surface area contributed by atoms with Crippen LogP contribution in [-0.4, -0.2) is 16.3 Å². The highest BCUT2D eigenvalue weighted by Gasteiger charge is 2.03. The fraction of sp³-hybridized carbons (Fsp3) is 0.231. The van der Waals surface area contributed by atoms with Gasteiger partial charge in [-0.1, -0.05) is 0 Å². The van der Waals surface area contributed by atoms with E-state index in [9.17, 15) is 9.18 Å². The molecule has 0 aliphatic heterocycles. The van der Waals surface area contributed by atoms with Crippen LogP contribution in [0.4, 0.5) is 4.39 Å². The molecule has 18 heavy (non-hydrogen) atoms. The number of aromatic nitrogens is 2. The average molecular weight is 247 g/mol. The summed E-state index contributed by atoms with van der Waals surface area (Å²) in [6.07, 6.45) is 0.694. The lowest BCUT2D eigenvalue weighted by molar-refractivity contribution is 0.556. The zero-order valence-corrected chi connectivity index (χ0v) is 9.84. The molecule has 2 aromatic rings. The highest BCUT2D eigenvalue weighted by atomic mass is 19.1. The van der Waals surface area contributed by atoms with E-state index in [1.807, 2.05) is 0 Å². The van der Waals surface area contributed by atoms with Gasteiger partial charge in [0.25, 0.3) is 5.56 Å². The second kappa shape index (κ2) is 5.55. The van der Waals surface area contributed by atoms with Crippen LogP contribution < -0.4 is 11.3 Å². The zero-order chi connectivity index (χ0) is 13.0. The lowest BCUT2D eigenvalue weighted by Gasteiger charge is -2.06. The van der Waals surface area contributed by atoms with E-state index in [-0.39, 0.29) is 11.4 Å². The quantitative estimate of drug-likeness (QED) is 0.888. The molecule has 0 saturated carbocycles. The van der Waals surface area contributed by atoms with Crippen LogP contribution in [0.25, 0.3) is 11.3 Å². The first-order chi connectivity index (χ1) is 8.70. The molecule has 1 aromatic carbocycles. The molecular formula is C13H14FN3O. The molecular weight excluding hydrogens is 233 g/mol. The summed E-state index contributed by atoms with van der Waals surface area (Å²) in [6, 6.07) is 9.10. The SMILES string of the molecule is NCCCn1nc(-c2ccc(F)cc2)ccc1=O. The summed E-state index contributed by atoms with van der Waals surface area (Å²) in [7, 11) is 0. The van der Waals surface area contributed by atoms with Crippen molar-refractivity contribution in [1.29, 1.82) is 0 Å². The van der Waals surface area contributed by atoms with Crippen molar-refractivity contribution in [2.45, 2.75) is 13.0 Å². The van der Waals surface area contributed by atoms with Gasteiger partial charge in [-0.05, 0) is 43.3 Å². The number of nitrogens with two attached hydrogens (primary N) is 1. The summed E-state index contributed by atoms with van der Waals surface area (Å²) < 4.78 is 14.2. The number of aryl methyl sites for hydroxylation is 1. The lowest BCUT2D eigenvalue weighted by atomic mass is 10.1. The van der Waals surface area contributed by atoms with Gasteiger partial charge in [0, 0.05) is 18.2 Å². The van der Waals surface area contributed by atoms with Gasteiger partial charge in [0.05, 0.1) is 5.69 Å². The molecule has 2 rings (SSSR count). The Bertz CT molecular complexity index is 578. The third-order valence-corrected chi connectivity index (χ3v) is 2.58. The normalized spacial score (nSPS) is 10.6. The highest BCUT2D eigenvalue weighted by molar-refractivity contribution is 5.57. The summed E-state index contributed by atoms with van der Waals surface area (Å²) >= 11 is 0. The van der Waals surface area contributed by atoms with Crippen LogP contribution in [0.3, 0.4) is 0 Å². The second-order valence-electron chi connectivity index (χ2n) is 3.93. The summed E-state index contributed by atoms with van der Waals surface area (Å²) in [5.74, 6) is -0.296. The Morgan fingerprint density at radius 2 is 1.89 bits per heavy atom. The number of hydrogen-bond donors (Lipinski definition) is 1. The minimum Gasteiger partial charge on any atom is -0.330 e. The minimum absolute atomic E-state index is 0.158. The summed E-state index contributed by atoms with van der Waals surface area (Å²) in [6.45, 7) is 0.999. The number of rotatable bonds is 4. The second-order valence-corrected chi connectivity index (χ2v) is 3.93. The van der Waals surface area contributed by atoms with Crippen molar-refractivity contribution in [2.24, 2.45) is 5.73 Å². The molecule has 0 saturated heterocycles. The van der Waals surface area contributed by atoms with Crippen molar-refractivity contribution in [1.82, 2.24) is 9.78 Å². The maximum absolute atomic E-state index is 12.8. The van der Waals surface area contributed by atoms with E-state index in [4.69, 9.17) is 5.73 Å². The molecule has 0 radical (unpaired) electrons. The molecule has 0 atom stereocenters. The van der Waals surface area contributed by atoms with E-state index in [1.54, 1.807) is 18.2 Å². The molecule has 0 fully saturated rings. The highest BCUT2D eigenvalue weighted by Crippen LogP contribution is 2.15. The van der Waals surface area contributed by atoms with Gasteiger partial charge in [0.2, 0.25) is 0 Å². The summed E-state index contributed by atoms with van der Waals surface area (Å²) in [5.41, 5.74) is 6.67. The first-order valence-electron chi connectivity index (χ1n) is 5.75. The van der Waals surface area contributed by atoms with Crippen LogP contribution in [0.5, 0.6) is 0 Å². The standard InChI is InChI=1S/C13H14FN3O/c14-11-4-2-10(3-5-11)12-6-7-13(18)17(16-12)9-1-8-15/h2-7H,1,8-9,15H2. The Kier molecular flexibility index (Phi) is 3.84. The smallest absolute Gasteiger partial charge is 0.266 e. The van der Waals surface area contributed by atoms with Gasteiger partial charge >= 0.3 is 0 Å². The van der Waals surface area contributed by atoms with Crippen LogP contribution in [0.1, 0.15) is 6.42 Å². The van der Waals surface area contributed by atoms with Crippen molar-refractivity contribution < 1.29 is 4.39 Å². The Labute approximate surface area is 104 Å².